The van der Waals surface area contributed by atoms with Gasteiger partial charge in [-0.3, -0.25) is 4.79 Å². The molecule has 152 valence electrons. The van der Waals surface area contributed by atoms with Crippen LogP contribution in [0.3, 0.4) is 0 Å². The Balaban J connectivity index is 1.92. The van der Waals surface area contributed by atoms with Crippen molar-refractivity contribution < 1.29 is 29.1 Å². The van der Waals surface area contributed by atoms with Crippen molar-refractivity contribution in [3.05, 3.63) is 76.1 Å². The van der Waals surface area contributed by atoms with Crippen LogP contribution < -0.4 is 11.1 Å². The van der Waals surface area contributed by atoms with E-state index >= 15 is 0 Å². The lowest BCUT2D eigenvalue weighted by molar-refractivity contribution is -0.115. The number of nitrogens with two attached hydrogens (primary N) is 1. The number of hydrogen-bond donors (Lipinski definition) is 3. The Labute approximate surface area is 195 Å². The zero-order valence-corrected chi connectivity index (χ0v) is 16.2. The summed E-state index contributed by atoms with van der Waals surface area (Å²) in [6.07, 6.45) is -12.5. The van der Waals surface area contributed by atoms with E-state index in [2.05, 4.69) is 4.98 Å². The molecule has 6 heteroatoms. The number of nitrogen functional groups attached to an aromatic ring is 1. The third-order valence-corrected chi connectivity index (χ3v) is 4.12. The van der Waals surface area contributed by atoms with E-state index < -0.39 is 109 Å². The van der Waals surface area contributed by atoms with Crippen LogP contribution in [0.4, 0.5) is 10.8 Å². The van der Waals surface area contributed by atoms with E-state index in [4.69, 9.17) is 24.9 Å². The van der Waals surface area contributed by atoms with Gasteiger partial charge in [-0.2, -0.15) is 0 Å². The molecular formula is C23H27N3O2S. The van der Waals surface area contributed by atoms with Gasteiger partial charge >= 0.3 is 0 Å². The molecule has 4 N–H and O–H groups in total. The number of benzene rings is 2. The molecule has 0 saturated heterocycles. The van der Waals surface area contributed by atoms with Crippen LogP contribution in [-0.4, -0.2) is 16.0 Å². The van der Waals surface area contributed by atoms with Crippen LogP contribution in [0.2, 0.25) is 0 Å². The first-order valence-corrected chi connectivity index (χ1v) is 9.30. The summed E-state index contributed by atoms with van der Waals surface area (Å²) in [7, 11) is 0. The van der Waals surface area contributed by atoms with Gasteiger partial charge in [0.2, 0.25) is 5.91 Å². The van der Waals surface area contributed by atoms with E-state index in [1.54, 1.807) is 0 Å². The molecule has 0 radical (unpaired) electrons. The normalized spacial score (nSPS) is 20.3. The number of carbonyl (C=O) groups is 1. The summed E-state index contributed by atoms with van der Waals surface area (Å²) in [5, 5.41) is 14.0. The second-order valence-corrected chi connectivity index (χ2v) is 6.64. The minimum absolute atomic E-state index is 0.00661. The fourth-order valence-electron chi connectivity index (χ4n) is 2.08. The van der Waals surface area contributed by atoms with Crippen molar-refractivity contribution in [2.75, 3.05) is 11.1 Å². The smallest absolute Gasteiger partial charge is 0.230 e. The number of amides is 1. The fraction of sp³-hybridized carbons (Fsp3) is 0.304. The second-order valence-electron chi connectivity index (χ2n) is 5.75. The van der Waals surface area contributed by atoms with E-state index in [1.165, 1.54) is 12.3 Å². The molecule has 0 fully saturated rings. The van der Waals surface area contributed by atoms with Crippen molar-refractivity contribution in [1.82, 2.24) is 4.98 Å². The molecule has 1 atom stereocenters. The van der Waals surface area contributed by atoms with Crippen LogP contribution in [0.15, 0.2) is 53.7 Å². The molecule has 0 spiro atoms. The average molecular weight is 424 g/mol. The Hall–Kier alpha value is -2.70. The van der Waals surface area contributed by atoms with E-state index in [-0.39, 0.29) is 16.4 Å². The number of carbonyl (C=O) groups excluding carboxylic acids is 1. The highest BCUT2D eigenvalue weighted by atomic mass is 32.1. The standard InChI is InChI=1S/C23H27N3O2S/c1-16-6-10-18(11-7-16)21(27)5-3-2-4-17-8-12-19(13-9-17)25-22(28)14-20-15-29-23(24)26-20/h6-13,15,21,27H,2-5,14H2,1H3,(H2,24,26)(H,25,28)/t21-/m0/s1/i2D2,5D2,6D,7D,8D,9D,10D,11D,12D,13D,14D2. The number of aromatic nitrogens is 1. The van der Waals surface area contributed by atoms with Crippen LogP contribution >= 0.6 is 11.3 Å². The molecule has 0 bridgehead atoms. The van der Waals surface area contributed by atoms with E-state index in [0.717, 1.165) is 11.3 Å². The second kappa shape index (κ2) is 10.2. The van der Waals surface area contributed by atoms with Crippen molar-refractivity contribution in [2.45, 2.75) is 45.0 Å². The van der Waals surface area contributed by atoms with Crippen LogP contribution in [0.25, 0.3) is 0 Å². The summed E-state index contributed by atoms with van der Waals surface area (Å²) < 4.78 is 115. The Morgan fingerprint density at radius 2 is 2.00 bits per heavy atom. The molecular weight excluding hydrogens is 382 g/mol. The Bertz CT molecular complexity index is 1540. The molecule has 0 aliphatic rings. The number of anilines is 2. The van der Waals surface area contributed by atoms with Gasteiger partial charge < -0.3 is 16.2 Å². The maximum absolute atomic E-state index is 12.7. The Kier molecular flexibility index (Phi) is 3.30. The molecule has 3 rings (SSSR count). The van der Waals surface area contributed by atoms with E-state index in [1.807, 2.05) is 5.32 Å². The maximum atomic E-state index is 12.7. The molecule has 3 aromatic rings. The van der Waals surface area contributed by atoms with Gasteiger partial charge in [0, 0.05) is 19.3 Å². The number of thiazole rings is 1. The summed E-state index contributed by atoms with van der Waals surface area (Å²) in [6.45, 7) is 1.33. The predicted molar refractivity (Wildman–Crippen MR) is 119 cm³/mol. The number of aliphatic hydroxyl groups excluding tert-OH is 1. The SMILES string of the molecule is [2H]c1c([2H])c([C@@H](O)C([2H])([2H])CC([2H])([2H])Cc2c([2H])c([2H])c(NC(=O)C([2H])([2H])c3csc(N)n3)c([2H])c2[2H])c([2H])c([2H])c1C. The summed E-state index contributed by atoms with van der Waals surface area (Å²) in [6, 6.07) is -5.55. The summed E-state index contributed by atoms with van der Waals surface area (Å²) >= 11 is 0.880. The first-order chi connectivity index (χ1) is 19.5. The van der Waals surface area contributed by atoms with Gasteiger partial charge in [-0.15, -0.1) is 11.3 Å². The molecule has 1 heterocycles. The fourth-order valence-corrected chi connectivity index (χ4v) is 2.57. The van der Waals surface area contributed by atoms with Crippen molar-refractivity contribution in [2.24, 2.45) is 0 Å². The zero-order chi connectivity index (χ0) is 33.0. The lowest BCUT2D eigenvalue weighted by Gasteiger charge is -2.11. The van der Waals surface area contributed by atoms with Gasteiger partial charge in [-0.05, 0) is 49.3 Å². The topological polar surface area (TPSA) is 88.2 Å². The van der Waals surface area contributed by atoms with E-state index in [0.29, 0.717) is 0 Å². The average Bonchev–Trinajstić information content (AvgIpc) is 3.36. The van der Waals surface area contributed by atoms with Crippen molar-refractivity contribution in [3.63, 3.8) is 0 Å². The van der Waals surface area contributed by atoms with Crippen LogP contribution in [0.1, 0.15) is 66.8 Å². The molecule has 2 aromatic carbocycles. The zero-order valence-electron chi connectivity index (χ0n) is 29.4. The van der Waals surface area contributed by atoms with Crippen molar-refractivity contribution in [1.29, 1.82) is 0 Å². The molecule has 1 aromatic heterocycles. The van der Waals surface area contributed by atoms with Gasteiger partial charge in [-0.1, -0.05) is 48.2 Å². The van der Waals surface area contributed by atoms with Crippen LogP contribution in [0.5, 0.6) is 0 Å². The molecule has 29 heavy (non-hydrogen) atoms. The van der Waals surface area contributed by atoms with Crippen molar-refractivity contribution in [3.8, 4) is 0 Å². The van der Waals surface area contributed by atoms with Gasteiger partial charge in [0.05, 0.1) is 29.1 Å². The molecule has 0 unspecified atom stereocenters. The van der Waals surface area contributed by atoms with Gasteiger partial charge in [0.1, 0.15) is 0 Å². The highest BCUT2D eigenvalue weighted by molar-refractivity contribution is 7.13. The molecule has 0 saturated carbocycles. The summed E-state index contributed by atoms with van der Waals surface area (Å²) in [5.74, 6) is -1.35. The predicted octanol–water partition coefficient (Wildman–Crippen LogP) is 4.66. The Morgan fingerprint density at radius 1 is 1.28 bits per heavy atom. The summed E-state index contributed by atoms with van der Waals surface area (Å²) in [4.78, 5) is 16.4. The quantitative estimate of drug-likeness (QED) is 0.467. The number of hydrogen-bond acceptors (Lipinski definition) is 5. The molecule has 0 aliphatic heterocycles. The Morgan fingerprint density at radius 3 is 2.66 bits per heavy atom. The number of nitrogens with zero attached hydrogens (tertiary/aromatic N) is 1. The minimum atomic E-state index is -2.88. The first kappa shape index (κ1) is 9.41. The number of nitrogens with one attached hydrogen (secondary N) is 1. The third-order valence-electron chi connectivity index (χ3n) is 3.44. The van der Waals surface area contributed by atoms with Gasteiger partial charge in [0.15, 0.2) is 5.13 Å². The highest BCUT2D eigenvalue weighted by Crippen LogP contribution is 2.21. The maximum Gasteiger partial charge on any atom is 0.230 e. The van der Waals surface area contributed by atoms with Gasteiger partial charge in [0.25, 0.3) is 0 Å². The number of aliphatic hydroxyl groups is 1. The number of rotatable bonds is 9. The van der Waals surface area contributed by atoms with Gasteiger partial charge in [-0.25, -0.2) is 4.98 Å². The lowest BCUT2D eigenvalue weighted by atomic mass is 10.0. The van der Waals surface area contributed by atoms with Crippen molar-refractivity contribution >= 4 is 28.1 Å². The van der Waals surface area contributed by atoms with Crippen LogP contribution in [-0.2, 0) is 17.6 Å². The summed E-state index contributed by atoms with van der Waals surface area (Å²) in [5.41, 5.74) is 3.32. The van der Waals surface area contributed by atoms with Crippen LogP contribution in [0, 0.1) is 6.92 Å². The molecule has 1 amide bonds. The first-order valence-electron chi connectivity index (χ1n) is 15.4. The molecule has 0 aliphatic carbocycles. The monoisotopic (exact) mass is 423 g/mol. The molecule has 5 nitrogen and oxygen atoms in total. The highest BCUT2D eigenvalue weighted by Gasteiger charge is 2.08. The minimum Gasteiger partial charge on any atom is -0.388 e. The lowest BCUT2D eigenvalue weighted by Crippen LogP contribution is -2.14. The largest absolute Gasteiger partial charge is 0.388 e. The third kappa shape index (κ3) is 6.69. The van der Waals surface area contributed by atoms with E-state index in [9.17, 15) is 9.90 Å².